The maximum Gasteiger partial charge on any atom is 0.326 e. The van der Waals surface area contributed by atoms with Crippen molar-refractivity contribution in [3.05, 3.63) is 101 Å². The van der Waals surface area contributed by atoms with Crippen molar-refractivity contribution in [1.82, 2.24) is 19.6 Å². The summed E-state index contributed by atoms with van der Waals surface area (Å²) in [6.45, 7) is 10.9. The Morgan fingerprint density at radius 2 is 1.48 bits per heavy atom. The van der Waals surface area contributed by atoms with Crippen LogP contribution in [0.1, 0.15) is 62.0 Å². The highest BCUT2D eigenvalue weighted by Gasteiger charge is 2.45. The van der Waals surface area contributed by atoms with Gasteiger partial charge in [0.05, 0.1) is 24.8 Å². The van der Waals surface area contributed by atoms with E-state index in [1.807, 2.05) is 30.0 Å². The van der Waals surface area contributed by atoms with Gasteiger partial charge in [0, 0.05) is 40.3 Å². The molecule has 3 aromatic rings. The number of halogens is 2. The number of hydrogen-bond acceptors (Lipinski definition) is 5. The molecule has 3 aromatic carbocycles. The number of ether oxygens (including phenoxy) is 1. The predicted octanol–water partition coefficient (Wildman–Crippen LogP) is 6.03. The highest BCUT2D eigenvalue weighted by Crippen LogP contribution is 2.45. The zero-order valence-electron chi connectivity index (χ0n) is 27.5. The lowest BCUT2D eigenvalue weighted by molar-refractivity contribution is -0.130. The van der Waals surface area contributed by atoms with E-state index in [0.717, 1.165) is 11.1 Å². The number of amidine groups is 1. The third-order valence-corrected chi connectivity index (χ3v) is 8.58. The summed E-state index contributed by atoms with van der Waals surface area (Å²) in [5, 5.41) is 0. The van der Waals surface area contributed by atoms with Gasteiger partial charge in [0.25, 0.3) is 0 Å². The van der Waals surface area contributed by atoms with Gasteiger partial charge >= 0.3 is 6.03 Å². The van der Waals surface area contributed by atoms with Crippen LogP contribution in [0.5, 0.6) is 5.75 Å². The lowest BCUT2D eigenvalue weighted by Gasteiger charge is -2.39. The zero-order valence-corrected chi connectivity index (χ0v) is 27.5. The molecule has 10 heteroatoms. The lowest BCUT2D eigenvalue weighted by Crippen LogP contribution is -2.55. The molecular formula is C36H43F2N5O3. The van der Waals surface area contributed by atoms with E-state index in [0.29, 0.717) is 55.5 Å². The van der Waals surface area contributed by atoms with E-state index in [2.05, 4.69) is 20.8 Å². The Morgan fingerprint density at radius 3 is 2.02 bits per heavy atom. The minimum Gasteiger partial charge on any atom is -0.493 e. The molecule has 2 aliphatic heterocycles. The SMILES string of the molecule is CCOc1cc(C(C)(C)C)ccc1C1=N[C@@H](c2ccc(F)cc2)[C@@H](c2ccc(F)cc2)N1C(=O)N1CCN(CC(=O)N(C)C)CC1. The van der Waals surface area contributed by atoms with Crippen molar-refractivity contribution >= 4 is 17.8 Å². The number of amides is 3. The van der Waals surface area contributed by atoms with Crippen LogP contribution in [0.15, 0.2) is 71.7 Å². The van der Waals surface area contributed by atoms with E-state index in [9.17, 15) is 18.4 Å². The van der Waals surface area contributed by atoms with Crippen LogP contribution in [-0.2, 0) is 10.2 Å². The molecule has 3 amide bonds. The summed E-state index contributed by atoms with van der Waals surface area (Å²) in [6.07, 6.45) is 0. The minimum atomic E-state index is -0.640. The number of rotatable bonds is 7. The first-order valence-electron chi connectivity index (χ1n) is 15.7. The molecule has 0 bridgehead atoms. The van der Waals surface area contributed by atoms with Crippen LogP contribution in [0.3, 0.4) is 0 Å². The van der Waals surface area contributed by atoms with Crippen molar-refractivity contribution in [3.8, 4) is 5.75 Å². The van der Waals surface area contributed by atoms with Gasteiger partial charge in [-0.05, 0) is 65.4 Å². The van der Waals surface area contributed by atoms with Crippen LogP contribution in [-0.4, -0.2) is 90.8 Å². The monoisotopic (exact) mass is 631 g/mol. The van der Waals surface area contributed by atoms with Crippen molar-refractivity contribution in [2.45, 2.75) is 45.2 Å². The molecule has 244 valence electrons. The van der Waals surface area contributed by atoms with Gasteiger partial charge in [-0.15, -0.1) is 0 Å². The second-order valence-corrected chi connectivity index (χ2v) is 13.0. The molecule has 8 nitrogen and oxygen atoms in total. The summed E-state index contributed by atoms with van der Waals surface area (Å²) in [5.41, 5.74) is 3.01. The van der Waals surface area contributed by atoms with Gasteiger partial charge in [-0.25, -0.2) is 13.6 Å². The van der Waals surface area contributed by atoms with Gasteiger partial charge in [-0.3, -0.25) is 19.6 Å². The van der Waals surface area contributed by atoms with Crippen LogP contribution in [0.2, 0.25) is 0 Å². The molecule has 2 atom stereocenters. The van der Waals surface area contributed by atoms with Crippen LogP contribution < -0.4 is 4.74 Å². The number of carbonyl (C=O) groups excluding carboxylic acids is 2. The highest BCUT2D eigenvalue weighted by atomic mass is 19.1. The standard InChI is InChI=1S/C36H43F2N5O3/c1-7-46-30-22-26(36(2,3)4)12-17-29(30)34-39-32(24-8-13-27(37)14-9-24)33(25-10-15-28(38)16-11-25)43(34)35(45)42-20-18-41(19-21-42)23-31(44)40(5)6/h8-17,22,32-33H,7,18-21,23H2,1-6H3/t32-,33+/m0/s1. The topological polar surface area (TPSA) is 68.7 Å². The Balaban J connectivity index is 1.60. The van der Waals surface area contributed by atoms with Gasteiger partial charge in [0.1, 0.15) is 29.3 Å². The van der Waals surface area contributed by atoms with E-state index in [4.69, 9.17) is 9.73 Å². The molecule has 5 rings (SSSR count). The molecule has 0 aromatic heterocycles. The maximum absolute atomic E-state index is 14.7. The Hall–Kier alpha value is -4.31. The minimum absolute atomic E-state index is 0.00871. The smallest absolute Gasteiger partial charge is 0.326 e. The normalized spacial score (nSPS) is 18.8. The fourth-order valence-corrected chi connectivity index (χ4v) is 5.89. The molecule has 0 spiro atoms. The van der Waals surface area contributed by atoms with E-state index in [-0.39, 0.29) is 35.5 Å². The number of piperazine rings is 1. The largest absolute Gasteiger partial charge is 0.493 e. The predicted molar refractivity (Wildman–Crippen MR) is 175 cm³/mol. The summed E-state index contributed by atoms with van der Waals surface area (Å²) >= 11 is 0. The van der Waals surface area contributed by atoms with Crippen molar-refractivity contribution in [3.63, 3.8) is 0 Å². The quantitative estimate of drug-likeness (QED) is 0.319. The molecule has 0 unspecified atom stereocenters. The summed E-state index contributed by atoms with van der Waals surface area (Å²) < 4.78 is 34.4. The number of likely N-dealkylation sites (N-methyl/N-ethyl adjacent to an activating group) is 1. The number of urea groups is 1. The Labute approximate surface area is 270 Å². The lowest BCUT2D eigenvalue weighted by atomic mass is 9.86. The second-order valence-electron chi connectivity index (χ2n) is 13.0. The molecule has 0 radical (unpaired) electrons. The first kappa shape index (κ1) is 33.1. The zero-order chi connectivity index (χ0) is 33.2. The molecule has 0 saturated carbocycles. The van der Waals surface area contributed by atoms with Gasteiger partial charge < -0.3 is 14.5 Å². The Morgan fingerprint density at radius 1 is 0.891 bits per heavy atom. The number of benzene rings is 3. The van der Waals surface area contributed by atoms with Crippen molar-refractivity contribution in [2.24, 2.45) is 4.99 Å². The molecule has 0 N–H and O–H groups in total. The number of carbonyl (C=O) groups is 2. The van der Waals surface area contributed by atoms with Gasteiger partial charge in [-0.1, -0.05) is 51.1 Å². The second kappa shape index (κ2) is 13.6. The molecule has 2 heterocycles. The third kappa shape index (κ3) is 7.07. The van der Waals surface area contributed by atoms with E-state index < -0.39 is 12.1 Å². The third-order valence-electron chi connectivity index (χ3n) is 8.58. The first-order valence-corrected chi connectivity index (χ1v) is 15.7. The van der Waals surface area contributed by atoms with Gasteiger partial charge in [0.15, 0.2) is 0 Å². The van der Waals surface area contributed by atoms with E-state index in [1.54, 1.807) is 53.1 Å². The Kier molecular flexibility index (Phi) is 9.76. The fraction of sp³-hybridized carbons (Fsp3) is 0.417. The number of hydrogen-bond donors (Lipinski definition) is 0. The summed E-state index contributed by atoms with van der Waals surface area (Å²) in [7, 11) is 3.46. The van der Waals surface area contributed by atoms with E-state index in [1.165, 1.54) is 24.3 Å². The molecular weight excluding hydrogens is 588 g/mol. The van der Waals surface area contributed by atoms with Crippen molar-refractivity contribution in [1.29, 1.82) is 0 Å². The van der Waals surface area contributed by atoms with Crippen LogP contribution >= 0.6 is 0 Å². The average molecular weight is 632 g/mol. The van der Waals surface area contributed by atoms with Crippen molar-refractivity contribution in [2.75, 3.05) is 53.4 Å². The molecule has 1 saturated heterocycles. The van der Waals surface area contributed by atoms with Crippen LogP contribution in [0.25, 0.3) is 0 Å². The van der Waals surface area contributed by atoms with E-state index >= 15 is 0 Å². The molecule has 46 heavy (non-hydrogen) atoms. The molecule has 1 fully saturated rings. The molecule has 2 aliphatic rings. The fourth-order valence-electron chi connectivity index (χ4n) is 5.89. The highest BCUT2D eigenvalue weighted by molar-refractivity contribution is 6.11. The van der Waals surface area contributed by atoms with Gasteiger partial charge in [0.2, 0.25) is 5.91 Å². The number of nitrogens with zero attached hydrogens (tertiary/aromatic N) is 5. The Bertz CT molecular complexity index is 1580. The van der Waals surface area contributed by atoms with Crippen molar-refractivity contribution < 1.29 is 23.1 Å². The summed E-state index contributed by atoms with van der Waals surface area (Å²) in [5.74, 6) is 0.284. The molecule has 0 aliphatic carbocycles. The number of aliphatic imine (C=N–C) groups is 1. The maximum atomic E-state index is 14.7. The summed E-state index contributed by atoms with van der Waals surface area (Å²) in [4.78, 5) is 39.3. The van der Waals surface area contributed by atoms with Crippen LogP contribution in [0, 0.1) is 11.6 Å². The first-order chi connectivity index (χ1) is 21.9. The van der Waals surface area contributed by atoms with Crippen LogP contribution in [0.4, 0.5) is 13.6 Å². The average Bonchev–Trinajstić information content (AvgIpc) is 3.41. The van der Waals surface area contributed by atoms with Gasteiger partial charge in [-0.2, -0.15) is 0 Å². The summed E-state index contributed by atoms with van der Waals surface area (Å²) in [6, 6.07) is 16.7.